The third kappa shape index (κ3) is 2.72. The van der Waals surface area contributed by atoms with Crippen molar-refractivity contribution in [1.82, 2.24) is 19.7 Å². The molecule has 3 aromatic rings. The number of hydrogen-bond donors (Lipinski definition) is 1. The van der Waals surface area contributed by atoms with Crippen LogP contribution in [0.2, 0.25) is 0 Å². The molecule has 0 aliphatic carbocycles. The molecule has 2 aromatic heterocycles. The average Bonchev–Trinajstić information content (AvgIpc) is 3.06. The van der Waals surface area contributed by atoms with Crippen LogP contribution in [-0.2, 0) is 13.0 Å². The maximum Gasteiger partial charge on any atom is 0.164 e. The standard InChI is InChI=1S/C18H16N6/c19-10-13-6-8-16(20-11-13)21-15-7-9-17-22-23-18(24(17)12-15)14-4-2-1-3-5-14/h1-6,8,11,15H,7,9,12H2,(H,20,21)/t15-/m0/s1. The van der Waals surface area contributed by atoms with Gasteiger partial charge in [-0.2, -0.15) is 5.26 Å². The van der Waals surface area contributed by atoms with Crippen LogP contribution in [0.3, 0.4) is 0 Å². The van der Waals surface area contributed by atoms with Gasteiger partial charge in [0.2, 0.25) is 0 Å². The van der Waals surface area contributed by atoms with E-state index in [4.69, 9.17) is 5.26 Å². The molecule has 0 spiro atoms. The molecule has 0 unspecified atom stereocenters. The van der Waals surface area contributed by atoms with Crippen molar-refractivity contribution in [3.8, 4) is 17.5 Å². The molecule has 1 aliphatic rings. The molecule has 24 heavy (non-hydrogen) atoms. The Morgan fingerprint density at radius 2 is 2.00 bits per heavy atom. The van der Waals surface area contributed by atoms with Gasteiger partial charge in [0.25, 0.3) is 0 Å². The molecule has 0 fully saturated rings. The van der Waals surface area contributed by atoms with Gasteiger partial charge in [-0.15, -0.1) is 10.2 Å². The number of nitrogens with one attached hydrogen (secondary N) is 1. The third-order valence-electron chi connectivity index (χ3n) is 4.22. The SMILES string of the molecule is N#Cc1ccc(N[C@H]2CCc3nnc(-c4ccccc4)n3C2)nc1. The summed E-state index contributed by atoms with van der Waals surface area (Å²) in [6.07, 6.45) is 3.45. The molecule has 0 saturated heterocycles. The second-order valence-electron chi connectivity index (χ2n) is 5.84. The highest BCUT2D eigenvalue weighted by atomic mass is 15.3. The van der Waals surface area contributed by atoms with Gasteiger partial charge in [-0.05, 0) is 18.6 Å². The van der Waals surface area contributed by atoms with E-state index < -0.39 is 0 Å². The first kappa shape index (κ1) is 14.4. The average molecular weight is 316 g/mol. The number of nitriles is 1. The van der Waals surface area contributed by atoms with E-state index in [-0.39, 0.29) is 6.04 Å². The lowest BCUT2D eigenvalue weighted by atomic mass is 10.1. The Bertz CT molecular complexity index is 876. The van der Waals surface area contributed by atoms with E-state index >= 15 is 0 Å². The van der Waals surface area contributed by atoms with E-state index in [1.165, 1.54) is 0 Å². The lowest BCUT2D eigenvalue weighted by Crippen LogP contribution is -2.32. The highest BCUT2D eigenvalue weighted by molar-refractivity contribution is 5.55. The van der Waals surface area contributed by atoms with Crippen LogP contribution in [0.5, 0.6) is 0 Å². The van der Waals surface area contributed by atoms with Crippen LogP contribution < -0.4 is 5.32 Å². The molecule has 0 radical (unpaired) electrons. The molecule has 118 valence electrons. The Hall–Kier alpha value is -3.20. The molecule has 0 saturated carbocycles. The highest BCUT2D eigenvalue weighted by Gasteiger charge is 2.23. The molecule has 1 aliphatic heterocycles. The Balaban J connectivity index is 1.55. The molecule has 6 heteroatoms. The second-order valence-corrected chi connectivity index (χ2v) is 5.84. The van der Waals surface area contributed by atoms with Crippen LogP contribution >= 0.6 is 0 Å². The van der Waals surface area contributed by atoms with Crippen molar-refractivity contribution in [2.45, 2.75) is 25.4 Å². The normalized spacial score (nSPS) is 16.2. The van der Waals surface area contributed by atoms with E-state index in [2.05, 4.69) is 43.3 Å². The lowest BCUT2D eigenvalue weighted by Gasteiger charge is -2.25. The molecule has 6 nitrogen and oxygen atoms in total. The summed E-state index contributed by atoms with van der Waals surface area (Å²) in [6.45, 7) is 0.800. The van der Waals surface area contributed by atoms with Crippen LogP contribution in [0.15, 0.2) is 48.7 Å². The maximum atomic E-state index is 8.85. The number of rotatable bonds is 3. The topological polar surface area (TPSA) is 79.4 Å². The predicted molar refractivity (Wildman–Crippen MR) is 90.1 cm³/mol. The van der Waals surface area contributed by atoms with Gasteiger partial charge in [-0.1, -0.05) is 30.3 Å². The quantitative estimate of drug-likeness (QED) is 0.803. The van der Waals surface area contributed by atoms with Crippen molar-refractivity contribution >= 4 is 5.82 Å². The second kappa shape index (κ2) is 6.13. The first-order valence-corrected chi connectivity index (χ1v) is 7.93. The number of nitrogens with zero attached hydrogens (tertiary/aromatic N) is 5. The fourth-order valence-electron chi connectivity index (χ4n) is 3.00. The maximum absolute atomic E-state index is 8.85. The van der Waals surface area contributed by atoms with E-state index in [0.717, 1.165) is 42.4 Å². The molecule has 1 aromatic carbocycles. The zero-order chi connectivity index (χ0) is 16.4. The summed E-state index contributed by atoms with van der Waals surface area (Å²) >= 11 is 0. The van der Waals surface area contributed by atoms with Crippen LogP contribution in [0.4, 0.5) is 5.82 Å². The van der Waals surface area contributed by atoms with Gasteiger partial charge in [-0.25, -0.2) is 4.98 Å². The number of anilines is 1. The minimum absolute atomic E-state index is 0.261. The van der Waals surface area contributed by atoms with Gasteiger partial charge in [0.15, 0.2) is 5.82 Å². The van der Waals surface area contributed by atoms with Crippen molar-refractivity contribution in [3.63, 3.8) is 0 Å². The van der Waals surface area contributed by atoms with Gasteiger partial charge in [0, 0.05) is 30.8 Å². The molecule has 1 atom stereocenters. The van der Waals surface area contributed by atoms with Gasteiger partial charge in [0.05, 0.1) is 5.56 Å². The summed E-state index contributed by atoms with van der Waals surface area (Å²) in [5.74, 6) is 2.72. The van der Waals surface area contributed by atoms with Crippen molar-refractivity contribution in [2.75, 3.05) is 5.32 Å². The summed E-state index contributed by atoms with van der Waals surface area (Å²) in [5.41, 5.74) is 1.64. The zero-order valence-electron chi connectivity index (χ0n) is 13.1. The minimum Gasteiger partial charge on any atom is -0.366 e. The van der Waals surface area contributed by atoms with Crippen molar-refractivity contribution < 1.29 is 0 Å². The summed E-state index contributed by atoms with van der Waals surface area (Å²) in [5, 5.41) is 21.0. The monoisotopic (exact) mass is 316 g/mol. The largest absolute Gasteiger partial charge is 0.366 e. The lowest BCUT2D eigenvalue weighted by molar-refractivity contribution is 0.478. The van der Waals surface area contributed by atoms with Gasteiger partial charge in [0.1, 0.15) is 17.7 Å². The van der Waals surface area contributed by atoms with Crippen molar-refractivity contribution in [3.05, 3.63) is 60.0 Å². The van der Waals surface area contributed by atoms with Gasteiger partial charge in [-0.3, -0.25) is 0 Å². The molecular formula is C18H16N6. The molecule has 3 heterocycles. The highest BCUT2D eigenvalue weighted by Crippen LogP contribution is 2.24. The van der Waals surface area contributed by atoms with Crippen molar-refractivity contribution in [2.24, 2.45) is 0 Å². The summed E-state index contributed by atoms with van der Waals surface area (Å²) in [6, 6.07) is 16.1. The summed E-state index contributed by atoms with van der Waals surface area (Å²) in [4.78, 5) is 4.29. The van der Waals surface area contributed by atoms with Crippen LogP contribution in [0.25, 0.3) is 11.4 Å². The van der Waals surface area contributed by atoms with E-state index in [9.17, 15) is 0 Å². The van der Waals surface area contributed by atoms with Crippen LogP contribution in [0.1, 0.15) is 17.8 Å². The van der Waals surface area contributed by atoms with Crippen LogP contribution in [0, 0.1) is 11.3 Å². The third-order valence-corrected chi connectivity index (χ3v) is 4.22. The predicted octanol–water partition coefficient (Wildman–Crippen LogP) is 2.64. The van der Waals surface area contributed by atoms with E-state index in [1.54, 1.807) is 12.3 Å². The first-order chi connectivity index (χ1) is 11.8. The van der Waals surface area contributed by atoms with E-state index in [1.807, 2.05) is 24.3 Å². The molecule has 1 N–H and O–H groups in total. The summed E-state index contributed by atoms with van der Waals surface area (Å²) < 4.78 is 2.18. The molecule has 0 amide bonds. The summed E-state index contributed by atoms with van der Waals surface area (Å²) in [7, 11) is 0. The Morgan fingerprint density at radius 1 is 1.12 bits per heavy atom. The van der Waals surface area contributed by atoms with Gasteiger partial charge < -0.3 is 9.88 Å². The van der Waals surface area contributed by atoms with E-state index in [0.29, 0.717) is 5.56 Å². The van der Waals surface area contributed by atoms with Gasteiger partial charge >= 0.3 is 0 Å². The molecular weight excluding hydrogens is 300 g/mol. The zero-order valence-corrected chi connectivity index (χ0v) is 13.1. The Labute approximate surface area is 139 Å². The Kier molecular flexibility index (Phi) is 3.67. The number of aromatic nitrogens is 4. The van der Waals surface area contributed by atoms with Crippen LogP contribution in [-0.4, -0.2) is 25.8 Å². The molecule has 0 bridgehead atoms. The number of fused-ring (bicyclic) bond motifs is 1. The minimum atomic E-state index is 0.261. The number of hydrogen-bond acceptors (Lipinski definition) is 5. The fourth-order valence-corrected chi connectivity index (χ4v) is 3.00. The number of benzene rings is 1. The van der Waals surface area contributed by atoms with Crippen molar-refractivity contribution in [1.29, 1.82) is 5.26 Å². The molecule has 4 rings (SSSR count). The smallest absolute Gasteiger partial charge is 0.164 e. The fraction of sp³-hybridized carbons (Fsp3) is 0.222. The number of aryl methyl sites for hydroxylation is 1. The first-order valence-electron chi connectivity index (χ1n) is 7.93. The Morgan fingerprint density at radius 3 is 2.75 bits per heavy atom. The number of pyridine rings is 1.